The fourth-order valence-electron chi connectivity index (χ4n) is 2.64. The normalized spacial score (nSPS) is 13.0. The number of nitrogens with two attached hydrogens (primary N) is 1. The van der Waals surface area contributed by atoms with Crippen LogP contribution < -0.4 is 10.5 Å². The smallest absolute Gasteiger partial charge is 0.201 e. The van der Waals surface area contributed by atoms with E-state index >= 15 is 0 Å². The van der Waals surface area contributed by atoms with Crippen LogP contribution in [0.25, 0.3) is 11.3 Å². The van der Waals surface area contributed by atoms with Gasteiger partial charge in [-0.2, -0.15) is 4.39 Å². The molecule has 6 heteroatoms. The average molecular weight is 335 g/mol. The molecule has 0 saturated carbocycles. The van der Waals surface area contributed by atoms with Crippen molar-refractivity contribution >= 4 is 0 Å². The third-order valence-electron chi connectivity index (χ3n) is 3.50. The molecule has 0 spiro atoms. The van der Waals surface area contributed by atoms with E-state index in [1.807, 2.05) is 20.8 Å². The van der Waals surface area contributed by atoms with Gasteiger partial charge < -0.3 is 10.5 Å². The van der Waals surface area contributed by atoms with Crippen LogP contribution in [0.2, 0.25) is 0 Å². The van der Waals surface area contributed by atoms with Crippen molar-refractivity contribution in [2.75, 3.05) is 6.61 Å². The van der Waals surface area contributed by atoms with E-state index in [1.54, 1.807) is 6.92 Å². The molecule has 0 saturated heterocycles. The summed E-state index contributed by atoms with van der Waals surface area (Å²) in [5.74, 6) is -1.48. The number of hydrogen-bond acceptors (Lipinski definition) is 4. The Kier molecular flexibility index (Phi) is 5.49. The molecule has 0 amide bonds. The Morgan fingerprint density at radius 3 is 2.54 bits per heavy atom. The predicted octanol–water partition coefficient (Wildman–Crippen LogP) is 3.87. The van der Waals surface area contributed by atoms with Crippen LogP contribution in [0.1, 0.15) is 33.0 Å². The summed E-state index contributed by atoms with van der Waals surface area (Å²) in [6.45, 7) is 7.75. The molecule has 0 aliphatic heterocycles. The minimum absolute atomic E-state index is 0.0847. The molecule has 0 aliphatic rings. The molecular formula is C18H23F2N3O. The second kappa shape index (κ2) is 7.21. The number of ether oxygens (including phenoxy) is 1. The number of aromatic nitrogens is 2. The Morgan fingerprint density at radius 1 is 1.21 bits per heavy atom. The van der Waals surface area contributed by atoms with Crippen molar-refractivity contribution in [2.24, 2.45) is 11.7 Å². The molecule has 0 unspecified atom stereocenters. The summed E-state index contributed by atoms with van der Waals surface area (Å²) in [5.41, 5.74) is 6.04. The molecule has 1 aromatic heterocycles. The minimum atomic E-state index is -1.01. The van der Waals surface area contributed by atoms with E-state index in [0.29, 0.717) is 11.5 Å². The third kappa shape index (κ3) is 4.71. The number of aryl methyl sites for hydroxylation is 1. The number of benzene rings is 1. The first-order chi connectivity index (χ1) is 11.2. The van der Waals surface area contributed by atoms with Crippen LogP contribution in [-0.2, 0) is 0 Å². The lowest BCUT2D eigenvalue weighted by Gasteiger charge is -2.23. The highest BCUT2D eigenvalue weighted by Crippen LogP contribution is 2.29. The number of nitrogens with zero attached hydrogens (tertiary/aromatic N) is 2. The lowest BCUT2D eigenvalue weighted by atomic mass is 9.93. The van der Waals surface area contributed by atoms with Crippen molar-refractivity contribution in [1.82, 2.24) is 9.97 Å². The molecule has 1 atom stereocenters. The first-order valence-electron chi connectivity index (χ1n) is 7.87. The topological polar surface area (TPSA) is 61.0 Å². The van der Waals surface area contributed by atoms with Crippen LogP contribution in [0.3, 0.4) is 0 Å². The molecule has 0 radical (unpaired) electrons. The molecule has 2 rings (SSSR count). The Morgan fingerprint density at radius 2 is 1.92 bits per heavy atom. The summed E-state index contributed by atoms with van der Waals surface area (Å²) in [6.07, 6.45) is 2.23. The van der Waals surface area contributed by atoms with Crippen molar-refractivity contribution in [1.29, 1.82) is 0 Å². The molecule has 24 heavy (non-hydrogen) atoms. The van der Waals surface area contributed by atoms with Gasteiger partial charge in [-0.15, -0.1) is 0 Å². The first kappa shape index (κ1) is 18.3. The van der Waals surface area contributed by atoms with E-state index in [2.05, 4.69) is 9.97 Å². The fourth-order valence-corrected chi connectivity index (χ4v) is 2.64. The molecule has 2 aromatic rings. The highest BCUT2D eigenvalue weighted by Gasteiger charge is 2.19. The van der Waals surface area contributed by atoms with Crippen molar-refractivity contribution in [3.05, 3.63) is 41.9 Å². The number of halogens is 2. The molecular weight excluding hydrogens is 312 g/mol. The Hall–Kier alpha value is -2.08. The third-order valence-corrected chi connectivity index (χ3v) is 3.50. The van der Waals surface area contributed by atoms with Crippen LogP contribution in [0, 0.1) is 24.5 Å². The van der Waals surface area contributed by atoms with Crippen LogP contribution in [-0.4, -0.2) is 22.1 Å². The summed E-state index contributed by atoms with van der Waals surface area (Å²) in [5, 5.41) is 0. The van der Waals surface area contributed by atoms with Gasteiger partial charge in [-0.3, -0.25) is 0 Å². The van der Waals surface area contributed by atoms with Crippen molar-refractivity contribution in [3.8, 4) is 17.0 Å². The summed E-state index contributed by atoms with van der Waals surface area (Å²) in [7, 11) is 0. The Bertz CT molecular complexity index is 714. The molecule has 130 valence electrons. The van der Waals surface area contributed by atoms with Crippen LogP contribution in [0.5, 0.6) is 5.75 Å². The van der Waals surface area contributed by atoms with Gasteiger partial charge >= 0.3 is 0 Å². The van der Waals surface area contributed by atoms with Crippen LogP contribution >= 0.6 is 0 Å². The van der Waals surface area contributed by atoms with E-state index in [9.17, 15) is 8.78 Å². The van der Waals surface area contributed by atoms with Gasteiger partial charge in [0, 0.05) is 17.3 Å². The van der Waals surface area contributed by atoms with E-state index in [4.69, 9.17) is 10.5 Å². The fraction of sp³-hybridized carbons (Fsp3) is 0.444. The summed E-state index contributed by atoms with van der Waals surface area (Å²) < 4.78 is 34.0. The van der Waals surface area contributed by atoms with Gasteiger partial charge in [0.2, 0.25) is 5.82 Å². The van der Waals surface area contributed by atoms with Gasteiger partial charge in [0.05, 0.1) is 12.3 Å². The molecule has 2 N–H and O–H groups in total. The van der Waals surface area contributed by atoms with Gasteiger partial charge in [-0.1, -0.05) is 6.92 Å². The second-order valence-electron chi connectivity index (χ2n) is 6.84. The van der Waals surface area contributed by atoms with Gasteiger partial charge in [-0.25, -0.2) is 14.4 Å². The Balaban J connectivity index is 2.15. The Labute approximate surface area is 141 Å². The molecule has 1 aromatic carbocycles. The van der Waals surface area contributed by atoms with Crippen LogP contribution in [0.15, 0.2) is 24.4 Å². The predicted molar refractivity (Wildman–Crippen MR) is 89.7 cm³/mol. The maximum atomic E-state index is 14.3. The molecule has 0 bridgehead atoms. The first-order valence-corrected chi connectivity index (χ1v) is 7.87. The highest BCUT2D eigenvalue weighted by atomic mass is 19.2. The van der Waals surface area contributed by atoms with E-state index in [-0.39, 0.29) is 29.4 Å². The van der Waals surface area contributed by atoms with Crippen LogP contribution in [0.4, 0.5) is 8.78 Å². The molecule has 0 aliphatic carbocycles. The SMILES string of the molecule is Cc1nccc(-c2ccc(OC[C@@H](C)CC(C)(C)N)c(F)c2F)n1. The van der Waals surface area contributed by atoms with E-state index in [1.165, 1.54) is 24.4 Å². The van der Waals surface area contributed by atoms with E-state index in [0.717, 1.165) is 6.42 Å². The van der Waals surface area contributed by atoms with Gasteiger partial charge in [0.25, 0.3) is 0 Å². The molecule has 0 fully saturated rings. The zero-order valence-corrected chi connectivity index (χ0v) is 14.4. The largest absolute Gasteiger partial charge is 0.490 e. The maximum absolute atomic E-state index is 14.3. The average Bonchev–Trinajstić information content (AvgIpc) is 2.47. The summed E-state index contributed by atoms with van der Waals surface area (Å²) in [4.78, 5) is 8.07. The van der Waals surface area contributed by atoms with Gasteiger partial charge in [-0.05, 0) is 51.3 Å². The summed E-state index contributed by atoms with van der Waals surface area (Å²) >= 11 is 0. The standard InChI is InChI=1S/C18H23F2N3O/c1-11(9-18(3,4)21)10-24-15-6-5-13(16(19)17(15)20)14-7-8-22-12(2)23-14/h5-8,11H,9-10,21H2,1-4H3/t11-/m0/s1. The van der Waals surface area contributed by atoms with Crippen molar-refractivity contribution < 1.29 is 13.5 Å². The second-order valence-corrected chi connectivity index (χ2v) is 6.84. The monoisotopic (exact) mass is 335 g/mol. The lowest BCUT2D eigenvalue weighted by Crippen LogP contribution is -2.35. The zero-order valence-electron chi connectivity index (χ0n) is 14.4. The van der Waals surface area contributed by atoms with Crippen molar-refractivity contribution in [3.63, 3.8) is 0 Å². The maximum Gasteiger partial charge on any atom is 0.201 e. The lowest BCUT2D eigenvalue weighted by molar-refractivity contribution is 0.219. The van der Waals surface area contributed by atoms with E-state index < -0.39 is 11.6 Å². The van der Waals surface area contributed by atoms with Gasteiger partial charge in [0.1, 0.15) is 5.82 Å². The quantitative estimate of drug-likeness (QED) is 0.870. The van der Waals surface area contributed by atoms with Gasteiger partial charge in [0.15, 0.2) is 11.6 Å². The number of rotatable bonds is 6. The molecule has 1 heterocycles. The minimum Gasteiger partial charge on any atom is -0.490 e. The summed E-state index contributed by atoms with van der Waals surface area (Å²) in [6, 6.07) is 4.43. The zero-order chi connectivity index (χ0) is 17.9. The van der Waals surface area contributed by atoms with Crippen molar-refractivity contribution in [2.45, 2.75) is 39.7 Å². The highest BCUT2D eigenvalue weighted by molar-refractivity contribution is 5.61. The number of hydrogen-bond donors (Lipinski definition) is 1. The molecule has 4 nitrogen and oxygen atoms in total.